The summed E-state index contributed by atoms with van der Waals surface area (Å²) in [6.07, 6.45) is 0. The van der Waals surface area contributed by atoms with E-state index in [4.69, 9.17) is 15.8 Å². The number of nitriles is 3. The van der Waals surface area contributed by atoms with Gasteiger partial charge in [0.2, 0.25) is 0 Å². The normalized spacial score (nSPS) is 6.62. The molecule has 0 radical (unpaired) electrons. The van der Waals surface area contributed by atoms with Gasteiger partial charge in [0.05, 0.1) is 11.6 Å². The van der Waals surface area contributed by atoms with Crippen LogP contribution < -0.4 is 0 Å². The van der Waals surface area contributed by atoms with Crippen LogP contribution in [0.4, 0.5) is 0 Å². The van der Waals surface area contributed by atoms with Crippen LogP contribution in [0.1, 0.15) is 11.1 Å². The minimum absolute atomic E-state index is 0.762. The lowest BCUT2D eigenvalue weighted by molar-refractivity contribution is 1.39. The van der Waals surface area contributed by atoms with E-state index in [2.05, 4.69) is 6.07 Å². The van der Waals surface area contributed by atoms with Crippen molar-refractivity contribution in [3.63, 3.8) is 0 Å². The molecule has 0 heterocycles. The second kappa shape index (κ2) is 6.40. The summed E-state index contributed by atoms with van der Waals surface area (Å²) < 4.78 is 0. The Kier molecular flexibility index (Phi) is 5.27. The summed E-state index contributed by atoms with van der Waals surface area (Å²) >= 11 is 0. The Morgan fingerprint density at radius 1 is 1.00 bits per heavy atom. The van der Waals surface area contributed by atoms with Gasteiger partial charge < -0.3 is 0 Å². The van der Waals surface area contributed by atoms with Crippen molar-refractivity contribution in [1.82, 2.24) is 0 Å². The molecule has 0 atom stereocenters. The smallest absolute Gasteiger partial charge is 0.181 e. The fourth-order valence-corrected chi connectivity index (χ4v) is 0.698. The summed E-state index contributed by atoms with van der Waals surface area (Å²) in [6.45, 7) is 1.93. The van der Waals surface area contributed by atoms with Crippen molar-refractivity contribution in [3.05, 3.63) is 35.4 Å². The Hall–Kier alpha value is -2.31. The standard InChI is InChI=1S/C8H7N.C2N2/c1-7-4-2-3-5-8(7)6-9;3-1-2-4/h2-5H,1H3;. The van der Waals surface area contributed by atoms with Gasteiger partial charge in [0.25, 0.3) is 0 Å². The number of hydrogen-bond acceptors (Lipinski definition) is 3. The molecule has 1 aromatic carbocycles. The van der Waals surface area contributed by atoms with Crippen molar-refractivity contribution in [2.75, 3.05) is 0 Å². The van der Waals surface area contributed by atoms with Crippen LogP contribution in [0.5, 0.6) is 0 Å². The first-order valence-electron chi connectivity index (χ1n) is 3.50. The lowest BCUT2D eigenvalue weighted by atomic mass is 10.1. The number of hydrogen-bond donors (Lipinski definition) is 0. The van der Waals surface area contributed by atoms with Gasteiger partial charge in [-0.05, 0) is 18.6 Å². The third-order valence-corrected chi connectivity index (χ3v) is 1.32. The summed E-state index contributed by atoms with van der Waals surface area (Å²) in [4.78, 5) is 0. The molecule has 0 aliphatic carbocycles. The molecule has 1 rings (SSSR count). The first-order chi connectivity index (χ1) is 6.26. The average molecular weight is 169 g/mol. The Morgan fingerprint density at radius 2 is 1.54 bits per heavy atom. The Balaban J connectivity index is 0.000000310. The maximum absolute atomic E-state index is 8.47. The van der Waals surface area contributed by atoms with Crippen LogP contribution in [-0.2, 0) is 0 Å². The minimum Gasteiger partial charge on any atom is -0.192 e. The van der Waals surface area contributed by atoms with Gasteiger partial charge >= 0.3 is 0 Å². The molecule has 0 saturated heterocycles. The van der Waals surface area contributed by atoms with E-state index in [1.165, 1.54) is 12.1 Å². The van der Waals surface area contributed by atoms with E-state index in [1.807, 2.05) is 31.2 Å². The molecule has 0 aromatic heterocycles. The molecular formula is C10H7N3. The van der Waals surface area contributed by atoms with E-state index in [0.29, 0.717) is 0 Å². The maximum atomic E-state index is 8.47. The van der Waals surface area contributed by atoms with Crippen molar-refractivity contribution in [3.8, 4) is 18.2 Å². The Morgan fingerprint density at radius 3 is 1.85 bits per heavy atom. The van der Waals surface area contributed by atoms with Crippen LogP contribution in [0, 0.1) is 40.9 Å². The molecule has 0 spiro atoms. The summed E-state index contributed by atoms with van der Waals surface area (Å²) in [5.41, 5.74) is 1.80. The van der Waals surface area contributed by atoms with Gasteiger partial charge in [-0.2, -0.15) is 15.8 Å². The summed E-state index contributed by atoms with van der Waals surface area (Å²) in [6, 6.07) is 12.1. The zero-order valence-corrected chi connectivity index (χ0v) is 7.15. The predicted octanol–water partition coefficient (Wildman–Crippen LogP) is 1.90. The Labute approximate surface area is 77.1 Å². The molecule has 0 N–H and O–H groups in total. The van der Waals surface area contributed by atoms with Crippen LogP contribution in [0.25, 0.3) is 0 Å². The third kappa shape index (κ3) is 4.19. The van der Waals surface area contributed by atoms with Gasteiger partial charge in [-0.25, -0.2) is 0 Å². The van der Waals surface area contributed by atoms with Gasteiger partial charge in [-0.1, -0.05) is 18.2 Å². The van der Waals surface area contributed by atoms with Gasteiger partial charge in [0, 0.05) is 0 Å². The summed E-state index contributed by atoms with van der Waals surface area (Å²) in [5, 5.41) is 23.0. The monoisotopic (exact) mass is 169 g/mol. The molecule has 0 saturated carbocycles. The van der Waals surface area contributed by atoms with E-state index in [0.717, 1.165) is 11.1 Å². The van der Waals surface area contributed by atoms with Gasteiger partial charge in [0.1, 0.15) is 0 Å². The van der Waals surface area contributed by atoms with Crippen LogP contribution in [0.15, 0.2) is 24.3 Å². The van der Waals surface area contributed by atoms with E-state index in [-0.39, 0.29) is 0 Å². The highest BCUT2D eigenvalue weighted by Gasteiger charge is 1.89. The van der Waals surface area contributed by atoms with Gasteiger partial charge in [-0.15, -0.1) is 0 Å². The van der Waals surface area contributed by atoms with Gasteiger partial charge in [0.15, 0.2) is 12.1 Å². The summed E-state index contributed by atoms with van der Waals surface area (Å²) in [7, 11) is 0. The lowest BCUT2D eigenvalue weighted by Gasteiger charge is -1.90. The zero-order valence-electron chi connectivity index (χ0n) is 7.15. The number of nitrogens with zero attached hydrogens (tertiary/aromatic N) is 3. The fraction of sp³-hybridized carbons (Fsp3) is 0.100. The molecule has 0 aliphatic heterocycles. The van der Waals surface area contributed by atoms with Crippen molar-refractivity contribution in [1.29, 1.82) is 15.8 Å². The lowest BCUT2D eigenvalue weighted by Crippen LogP contribution is -1.77. The predicted molar refractivity (Wildman–Crippen MR) is 47.1 cm³/mol. The highest BCUT2D eigenvalue weighted by Crippen LogP contribution is 2.03. The second-order valence-electron chi connectivity index (χ2n) is 2.15. The first kappa shape index (κ1) is 10.7. The van der Waals surface area contributed by atoms with Crippen molar-refractivity contribution in [2.24, 2.45) is 0 Å². The molecule has 0 aliphatic rings. The zero-order chi connectivity index (χ0) is 10.1. The largest absolute Gasteiger partial charge is 0.192 e. The van der Waals surface area contributed by atoms with Crippen LogP contribution in [-0.4, -0.2) is 0 Å². The average Bonchev–Trinajstić information content (AvgIpc) is 2.19. The SMILES string of the molecule is Cc1ccccc1C#N.N#CC#N. The third-order valence-electron chi connectivity index (χ3n) is 1.32. The quantitative estimate of drug-likeness (QED) is 0.595. The molecule has 13 heavy (non-hydrogen) atoms. The van der Waals surface area contributed by atoms with Crippen molar-refractivity contribution in [2.45, 2.75) is 6.92 Å². The minimum atomic E-state index is 0.762. The van der Waals surface area contributed by atoms with Crippen LogP contribution in [0.2, 0.25) is 0 Å². The molecule has 0 amide bonds. The molecule has 0 fully saturated rings. The van der Waals surface area contributed by atoms with Crippen LogP contribution in [0.3, 0.4) is 0 Å². The number of rotatable bonds is 0. The molecule has 1 aromatic rings. The molecule has 3 heteroatoms. The highest BCUT2D eigenvalue weighted by molar-refractivity contribution is 5.35. The van der Waals surface area contributed by atoms with E-state index < -0.39 is 0 Å². The van der Waals surface area contributed by atoms with Gasteiger partial charge in [-0.3, -0.25) is 0 Å². The molecule has 62 valence electrons. The molecular weight excluding hydrogens is 162 g/mol. The number of aryl methyl sites for hydroxylation is 1. The van der Waals surface area contributed by atoms with E-state index in [1.54, 1.807) is 0 Å². The molecule has 0 bridgehead atoms. The highest BCUT2D eigenvalue weighted by atomic mass is 14.3. The Bertz CT molecular complexity index is 376. The topological polar surface area (TPSA) is 71.4 Å². The summed E-state index contributed by atoms with van der Waals surface area (Å²) in [5.74, 6) is 0. The van der Waals surface area contributed by atoms with Crippen molar-refractivity contribution < 1.29 is 0 Å². The fourth-order valence-electron chi connectivity index (χ4n) is 0.698. The molecule has 3 nitrogen and oxygen atoms in total. The van der Waals surface area contributed by atoms with E-state index >= 15 is 0 Å². The second-order valence-corrected chi connectivity index (χ2v) is 2.15. The van der Waals surface area contributed by atoms with Crippen LogP contribution >= 0.6 is 0 Å². The maximum Gasteiger partial charge on any atom is 0.181 e. The number of benzene rings is 1. The first-order valence-corrected chi connectivity index (χ1v) is 3.50. The molecule has 0 unspecified atom stereocenters. The van der Waals surface area contributed by atoms with E-state index in [9.17, 15) is 0 Å². The van der Waals surface area contributed by atoms with Crippen molar-refractivity contribution >= 4 is 0 Å².